The van der Waals surface area contributed by atoms with Crippen LogP contribution in [0.4, 0.5) is 4.39 Å². The van der Waals surface area contributed by atoms with E-state index in [1.54, 1.807) is 18.2 Å². The van der Waals surface area contributed by atoms with Gasteiger partial charge in [0.05, 0.1) is 6.61 Å². The summed E-state index contributed by atoms with van der Waals surface area (Å²) in [5.41, 5.74) is -0.551. The Balaban J connectivity index is 1.75. The van der Waals surface area contributed by atoms with Crippen molar-refractivity contribution in [2.24, 2.45) is 0 Å². The van der Waals surface area contributed by atoms with Crippen LogP contribution in [0.2, 0.25) is 0 Å². The molecule has 0 radical (unpaired) electrons. The molecule has 1 atom stereocenters. The number of sulfonamides is 1. The lowest BCUT2D eigenvalue weighted by Crippen LogP contribution is -2.25. The minimum Gasteiger partial charge on any atom is -0.493 e. The number of ether oxygens (including phenoxy) is 1. The molecule has 1 unspecified atom stereocenters. The maximum absolute atomic E-state index is 13.6. The summed E-state index contributed by atoms with van der Waals surface area (Å²) in [5.74, 6) is -0.767. The van der Waals surface area contributed by atoms with E-state index in [-0.39, 0.29) is 4.21 Å². The van der Waals surface area contributed by atoms with E-state index in [1.807, 2.05) is 4.72 Å². The van der Waals surface area contributed by atoms with E-state index in [9.17, 15) is 22.3 Å². The molecule has 0 aliphatic carbocycles. The number of thiophene rings is 1. The minimum absolute atomic E-state index is 0.0583. The zero-order valence-corrected chi connectivity index (χ0v) is 20.3. The predicted octanol–water partition coefficient (Wildman–Crippen LogP) is 4.23. The topological polar surface area (TPSA) is 126 Å². The van der Waals surface area contributed by atoms with Gasteiger partial charge in [-0.1, -0.05) is 28.7 Å². The van der Waals surface area contributed by atoms with Crippen LogP contribution in [0.3, 0.4) is 0 Å². The van der Waals surface area contributed by atoms with Crippen LogP contribution in [-0.2, 0) is 14.6 Å². The molecule has 0 bridgehead atoms. The van der Waals surface area contributed by atoms with Crippen molar-refractivity contribution in [1.82, 2.24) is 4.72 Å². The fourth-order valence-electron chi connectivity index (χ4n) is 2.49. The zero-order valence-electron chi connectivity index (χ0n) is 15.6. The second kappa shape index (κ2) is 9.81. The van der Waals surface area contributed by atoms with Crippen molar-refractivity contribution in [3.8, 4) is 17.6 Å². The van der Waals surface area contributed by atoms with Crippen molar-refractivity contribution < 1.29 is 31.5 Å². The lowest BCUT2D eigenvalue weighted by molar-refractivity contribution is 0.347. The summed E-state index contributed by atoms with van der Waals surface area (Å²) in [6.45, 7) is 0.521. The smallest absolute Gasteiger partial charge is 0.391 e. The Kier molecular flexibility index (Phi) is 7.56. The van der Waals surface area contributed by atoms with Crippen molar-refractivity contribution in [2.75, 3.05) is 17.3 Å². The molecule has 164 valence electrons. The maximum Gasteiger partial charge on any atom is 0.391 e. The van der Waals surface area contributed by atoms with Gasteiger partial charge in [-0.05, 0) is 41.8 Å². The Hall–Kier alpha value is -1.75. The molecule has 31 heavy (non-hydrogen) atoms. The second-order valence-corrected chi connectivity index (χ2v) is 12.0. The quantitative estimate of drug-likeness (QED) is 0.215. The summed E-state index contributed by atoms with van der Waals surface area (Å²) >= 11 is 3.16. The molecule has 0 aliphatic rings. The van der Waals surface area contributed by atoms with E-state index >= 15 is 0 Å². The first kappa shape index (κ1) is 23.9. The van der Waals surface area contributed by atoms with Gasteiger partial charge in [-0.25, -0.2) is 17.4 Å². The molecule has 13 heteroatoms. The van der Waals surface area contributed by atoms with Crippen molar-refractivity contribution in [1.29, 1.82) is 5.26 Å². The largest absolute Gasteiger partial charge is 0.493 e. The van der Waals surface area contributed by atoms with Gasteiger partial charge in [-0.2, -0.15) is 9.98 Å². The molecule has 8 nitrogen and oxygen atoms in total. The van der Waals surface area contributed by atoms with Crippen LogP contribution >= 0.6 is 41.5 Å². The molecular weight excluding hydrogens is 581 g/mol. The van der Waals surface area contributed by atoms with Gasteiger partial charge in [0.2, 0.25) is 0 Å². The van der Waals surface area contributed by atoms with Crippen LogP contribution in [-0.4, -0.2) is 30.6 Å². The molecule has 2 aromatic carbocycles. The van der Waals surface area contributed by atoms with Crippen molar-refractivity contribution in [2.45, 2.75) is 4.21 Å². The SMILES string of the molecule is N#Cc1c(F)cccc1OP(=O)(O)CNS(=O)(=O)c1cc2cc(OCCI)ccc2s1. The van der Waals surface area contributed by atoms with Crippen LogP contribution < -0.4 is 14.0 Å². The second-order valence-electron chi connectivity index (χ2n) is 6.06. The van der Waals surface area contributed by atoms with E-state index in [1.165, 1.54) is 18.2 Å². The summed E-state index contributed by atoms with van der Waals surface area (Å²) in [4.78, 5) is 10.0. The highest BCUT2D eigenvalue weighted by Crippen LogP contribution is 2.43. The molecule has 0 amide bonds. The monoisotopic (exact) mass is 596 g/mol. The molecule has 3 aromatic rings. The number of nitrogens with zero attached hydrogens (tertiary/aromatic N) is 1. The minimum atomic E-state index is -4.57. The molecule has 1 aromatic heterocycles. The van der Waals surface area contributed by atoms with Gasteiger partial charge in [-0.3, -0.25) is 0 Å². The number of fused-ring (bicyclic) bond motifs is 1. The van der Waals surface area contributed by atoms with Crippen molar-refractivity contribution >= 4 is 61.6 Å². The van der Waals surface area contributed by atoms with Gasteiger partial charge in [0.1, 0.15) is 39.4 Å². The maximum atomic E-state index is 13.6. The number of hydrogen-bond donors (Lipinski definition) is 2. The van der Waals surface area contributed by atoms with Crippen LogP contribution in [0.15, 0.2) is 46.7 Å². The number of benzene rings is 2. The van der Waals surface area contributed by atoms with Crippen LogP contribution in [0, 0.1) is 17.1 Å². The van der Waals surface area contributed by atoms with E-state index in [2.05, 4.69) is 22.6 Å². The van der Waals surface area contributed by atoms with E-state index in [4.69, 9.17) is 14.5 Å². The highest BCUT2D eigenvalue weighted by molar-refractivity contribution is 14.1. The molecule has 0 fully saturated rings. The third-order valence-corrected chi connectivity index (χ3v) is 8.54. The fraction of sp³-hybridized carbons (Fsp3) is 0.167. The van der Waals surface area contributed by atoms with E-state index in [0.29, 0.717) is 22.4 Å². The Morgan fingerprint density at radius 2 is 2.06 bits per heavy atom. The molecular formula is C18H15FIN2O6PS2. The van der Waals surface area contributed by atoms with E-state index in [0.717, 1.165) is 27.9 Å². The Morgan fingerprint density at radius 3 is 2.77 bits per heavy atom. The van der Waals surface area contributed by atoms with Crippen LogP contribution in [0.25, 0.3) is 10.1 Å². The van der Waals surface area contributed by atoms with Crippen LogP contribution in [0.5, 0.6) is 11.5 Å². The average molecular weight is 596 g/mol. The molecule has 2 N–H and O–H groups in total. The van der Waals surface area contributed by atoms with Gasteiger partial charge in [0.25, 0.3) is 10.0 Å². The van der Waals surface area contributed by atoms with Gasteiger partial charge in [-0.15, -0.1) is 11.3 Å². The van der Waals surface area contributed by atoms with Gasteiger partial charge < -0.3 is 14.2 Å². The summed E-state index contributed by atoms with van der Waals surface area (Å²) < 4.78 is 65.0. The van der Waals surface area contributed by atoms with Gasteiger partial charge in [0, 0.05) is 9.13 Å². The lowest BCUT2D eigenvalue weighted by Gasteiger charge is -2.15. The fourth-order valence-corrected chi connectivity index (χ4v) is 6.65. The number of halogens is 2. The number of alkyl halides is 1. The summed E-state index contributed by atoms with van der Waals surface area (Å²) in [7, 11) is -8.70. The summed E-state index contributed by atoms with van der Waals surface area (Å²) in [6, 6.07) is 11.5. The summed E-state index contributed by atoms with van der Waals surface area (Å²) in [6.07, 6.45) is -0.963. The molecule has 1 heterocycles. The lowest BCUT2D eigenvalue weighted by atomic mass is 10.2. The first-order valence-electron chi connectivity index (χ1n) is 8.57. The van der Waals surface area contributed by atoms with Crippen molar-refractivity contribution in [3.05, 3.63) is 53.8 Å². The van der Waals surface area contributed by atoms with Gasteiger partial charge >= 0.3 is 7.60 Å². The first-order chi connectivity index (χ1) is 14.6. The highest BCUT2D eigenvalue weighted by atomic mass is 127. The Morgan fingerprint density at radius 1 is 1.29 bits per heavy atom. The molecule has 3 rings (SSSR count). The Labute approximate surface area is 195 Å². The van der Waals surface area contributed by atoms with Crippen LogP contribution in [0.1, 0.15) is 5.56 Å². The molecule has 0 spiro atoms. The molecule has 0 aliphatic heterocycles. The average Bonchev–Trinajstić information content (AvgIpc) is 3.15. The predicted molar refractivity (Wildman–Crippen MR) is 123 cm³/mol. The standard InChI is InChI=1S/C18H15FIN2O6PS2/c19-15-2-1-3-16(14(15)10-21)28-29(23,24)11-22-31(25,26)18-9-12-8-13(27-7-6-20)4-5-17(12)30-18/h1-5,8-9,22H,6-7,11H2,(H,23,24). The van der Waals surface area contributed by atoms with Crippen molar-refractivity contribution in [3.63, 3.8) is 0 Å². The third-order valence-electron chi connectivity index (χ3n) is 3.86. The molecule has 0 saturated carbocycles. The molecule has 0 saturated heterocycles. The third kappa shape index (κ3) is 5.94. The number of nitriles is 1. The highest BCUT2D eigenvalue weighted by Gasteiger charge is 2.28. The van der Waals surface area contributed by atoms with Gasteiger partial charge in [0.15, 0.2) is 0 Å². The summed E-state index contributed by atoms with van der Waals surface area (Å²) in [5, 5.41) is 9.63. The number of rotatable bonds is 9. The zero-order chi connectivity index (χ0) is 22.6. The van der Waals surface area contributed by atoms with E-state index < -0.39 is 41.0 Å². The first-order valence-corrected chi connectivity index (χ1v) is 14.2. The number of nitrogens with one attached hydrogen (secondary N) is 1. The Bertz CT molecular complexity index is 1310. The number of hydrogen-bond acceptors (Lipinski definition) is 7. The normalized spacial score (nSPS) is 13.5.